The maximum Gasteiger partial charge on any atom is 0.0607 e. The minimum atomic E-state index is -0.578. The largest absolute Gasteiger partial charge is 0.0748 e. The number of hydrogen-bond acceptors (Lipinski definition) is 0. The lowest BCUT2D eigenvalue weighted by molar-refractivity contribution is 0.852. The van der Waals surface area contributed by atoms with Gasteiger partial charge < -0.3 is 0 Å². The highest BCUT2D eigenvalue weighted by molar-refractivity contribution is 6.64. The molecule has 0 bridgehead atoms. The van der Waals surface area contributed by atoms with Crippen molar-refractivity contribution in [3.05, 3.63) is 21.9 Å². The summed E-state index contributed by atoms with van der Waals surface area (Å²) in [7, 11) is -0.578. The Balaban J connectivity index is 3.09. The molecular formula is C11H20Si. The van der Waals surface area contributed by atoms with Crippen molar-refractivity contribution < 1.29 is 0 Å². The maximum absolute atomic E-state index is 2.43. The van der Waals surface area contributed by atoms with Gasteiger partial charge >= 0.3 is 0 Å². The third kappa shape index (κ3) is 1.31. The lowest BCUT2D eigenvalue weighted by Gasteiger charge is -2.15. The van der Waals surface area contributed by atoms with Crippen molar-refractivity contribution in [3.63, 3.8) is 0 Å². The van der Waals surface area contributed by atoms with E-state index in [1.54, 1.807) is 21.9 Å². The molecule has 1 atom stereocenters. The number of allylic oxidation sites excluding steroid dienone is 4. The van der Waals surface area contributed by atoms with Gasteiger partial charge in [-0.2, -0.15) is 0 Å². The van der Waals surface area contributed by atoms with Gasteiger partial charge in [-0.25, -0.2) is 0 Å². The van der Waals surface area contributed by atoms with Crippen LogP contribution in [-0.4, -0.2) is 8.80 Å². The van der Waals surface area contributed by atoms with Gasteiger partial charge in [0, 0.05) is 0 Å². The van der Waals surface area contributed by atoms with Crippen molar-refractivity contribution in [3.8, 4) is 0 Å². The molecule has 0 amide bonds. The highest BCUT2D eigenvalue weighted by atomic mass is 28.3. The molecule has 1 aliphatic carbocycles. The lowest BCUT2D eigenvalue weighted by Crippen LogP contribution is -2.12. The Bertz CT molecular complexity index is 256. The monoisotopic (exact) mass is 180 g/mol. The minimum Gasteiger partial charge on any atom is -0.0748 e. The van der Waals surface area contributed by atoms with Gasteiger partial charge in [-0.3, -0.25) is 0 Å². The van der Waals surface area contributed by atoms with Crippen LogP contribution in [0, 0.1) is 5.92 Å². The Morgan fingerprint density at radius 2 is 1.50 bits per heavy atom. The lowest BCUT2D eigenvalue weighted by atomic mass is 10.1. The van der Waals surface area contributed by atoms with Gasteiger partial charge in [-0.1, -0.05) is 36.4 Å². The summed E-state index contributed by atoms with van der Waals surface area (Å²) >= 11 is 0. The van der Waals surface area contributed by atoms with E-state index in [1.807, 2.05) is 0 Å². The Morgan fingerprint density at radius 1 is 1.00 bits per heavy atom. The van der Waals surface area contributed by atoms with E-state index in [9.17, 15) is 0 Å². The molecule has 0 aliphatic heterocycles. The molecule has 12 heavy (non-hydrogen) atoms. The Hall–Kier alpha value is -0.303. The van der Waals surface area contributed by atoms with E-state index in [0.29, 0.717) is 0 Å². The summed E-state index contributed by atoms with van der Waals surface area (Å²) in [6, 6.07) is 0. The molecule has 0 N–H and O–H groups in total. The van der Waals surface area contributed by atoms with Crippen LogP contribution < -0.4 is 0 Å². The van der Waals surface area contributed by atoms with Crippen LogP contribution in [-0.2, 0) is 0 Å². The van der Waals surface area contributed by atoms with Crippen molar-refractivity contribution in [2.24, 2.45) is 5.92 Å². The van der Waals surface area contributed by atoms with Crippen LogP contribution in [0.25, 0.3) is 0 Å². The molecule has 0 aromatic heterocycles. The second-order valence-electron chi connectivity index (χ2n) is 4.26. The fourth-order valence-corrected chi connectivity index (χ4v) is 4.66. The second-order valence-corrected chi connectivity index (χ2v) is 7.20. The van der Waals surface area contributed by atoms with Crippen molar-refractivity contribution in [2.75, 3.05) is 0 Å². The fourth-order valence-electron chi connectivity index (χ4n) is 2.33. The Morgan fingerprint density at radius 3 is 1.67 bits per heavy atom. The first-order chi connectivity index (χ1) is 5.46. The molecular weight excluding hydrogens is 160 g/mol. The molecule has 68 valence electrons. The molecule has 1 aliphatic rings. The molecule has 0 saturated carbocycles. The van der Waals surface area contributed by atoms with E-state index in [0.717, 1.165) is 5.92 Å². The van der Waals surface area contributed by atoms with Crippen LogP contribution in [0.4, 0.5) is 0 Å². The summed E-state index contributed by atoms with van der Waals surface area (Å²) in [6.07, 6.45) is 0. The third-order valence-electron chi connectivity index (χ3n) is 3.33. The Labute approximate surface area is 78.0 Å². The molecule has 0 radical (unpaired) electrons. The molecule has 0 aromatic carbocycles. The van der Waals surface area contributed by atoms with Gasteiger partial charge in [-0.15, -0.1) is 0 Å². The summed E-state index contributed by atoms with van der Waals surface area (Å²) in [5, 5.41) is 1.78. The van der Waals surface area contributed by atoms with E-state index in [2.05, 4.69) is 40.8 Å². The summed E-state index contributed by atoms with van der Waals surface area (Å²) in [5.74, 6) is 0.747. The smallest absolute Gasteiger partial charge is 0.0607 e. The molecule has 0 aromatic rings. The van der Waals surface area contributed by atoms with E-state index in [4.69, 9.17) is 0 Å². The summed E-state index contributed by atoms with van der Waals surface area (Å²) in [4.78, 5) is 0. The average molecular weight is 180 g/mol. The van der Waals surface area contributed by atoms with Gasteiger partial charge in [0.15, 0.2) is 0 Å². The van der Waals surface area contributed by atoms with Gasteiger partial charge in [0.25, 0.3) is 0 Å². The second kappa shape index (κ2) is 3.21. The molecule has 1 unspecified atom stereocenters. The zero-order chi connectivity index (χ0) is 9.46. The van der Waals surface area contributed by atoms with Gasteiger partial charge in [0.2, 0.25) is 0 Å². The van der Waals surface area contributed by atoms with Crippen molar-refractivity contribution in [2.45, 2.75) is 40.8 Å². The molecule has 0 spiro atoms. The number of hydrogen-bond donors (Lipinski definition) is 0. The van der Waals surface area contributed by atoms with E-state index < -0.39 is 8.80 Å². The van der Waals surface area contributed by atoms with E-state index in [1.165, 1.54) is 0 Å². The first-order valence-electron chi connectivity index (χ1n) is 4.85. The molecule has 1 rings (SSSR count). The molecule has 0 heterocycles. The van der Waals surface area contributed by atoms with Crippen LogP contribution in [0.5, 0.6) is 0 Å². The van der Waals surface area contributed by atoms with E-state index >= 15 is 0 Å². The van der Waals surface area contributed by atoms with Crippen molar-refractivity contribution in [1.82, 2.24) is 0 Å². The fraction of sp³-hybridized carbons (Fsp3) is 0.636. The van der Waals surface area contributed by atoms with E-state index in [-0.39, 0.29) is 0 Å². The predicted molar refractivity (Wildman–Crippen MR) is 59.1 cm³/mol. The standard InChI is InChI=1S/C11H20Si/c1-7-8(2)10(4)11(9(7)3)12(5)6/h9,12H,1-6H3. The van der Waals surface area contributed by atoms with Crippen LogP contribution in [0.3, 0.4) is 0 Å². The molecule has 0 fully saturated rings. The summed E-state index contributed by atoms with van der Waals surface area (Å²) in [6.45, 7) is 14.1. The zero-order valence-electron chi connectivity index (χ0n) is 9.15. The van der Waals surface area contributed by atoms with Gasteiger partial charge in [0.1, 0.15) is 0 Å². The molecule has 1 heteroatoms. The van der Waals surface area contributed by atoms with Crippen LogP contribution in [0.2, 0.25) is 13.1 Å². The van der Waals surface area contributed by atoms with Crippen LogP contribution in [0.15, 0.2) is 21.9 Å². The zero-order valence-corrected chi connectivity index (χ0v) is 10.3. The van der Waals surface area contributed by atoms with Crippen molar-refractivity contribution >= 4 is 8.80 Å². The first kappa shape index (κ1) is 9.78. The van der Waals surface area contributed by atoms with Crippen LogP contribution in [0.1, 0.15) is 27.7 Å². The predicted octanol–water partition coefficient (Wildman–Crippen LogP) is 3.31. The van der Waals surface area contributed by atoms with Crippen molar-refractivity contribution in [1.29, 1.82) is 0 Å². The maximum atomic E-state index is 2.43. The summed E-state index contributed by atoms with van der Waals surface area (Å²) in [5.41, 5.74) is 4.75. The summed E-state index contributed by atoms with van der Waals surface area (Å²) < 4.78 is 0. The number of rotatable bonds is 1. The van der Waals surface area contributed by atoms with Crippen LogP contribution >= 0.6 is 0 Å². The normalized spacial score (nSPS) is 24.8. The minimum absolute atomic E-state index is 0.578. The highest BCUT2D eigenvalue weighted by Gasteiger charge is 2.25. The highest BCUT2D eigenvalue weighted by Crippen LogP contribution is 2.37. The van der Waals surface area contributed by atoms with Gasteiger partial charge in [0.05, 0.1) is 8.80 Å². The topological polar surface area (TPSA) is 0 Å². The SMILES string of the molecule is CC1=C(C)C(C)C([SiH](C)C)=C1C. The quantitative estimate of drug-likeness (QED) is 0.543. The molecule has 0 nitrogen and oxygen atoms in total. The van der Waals surface area contributed by atoms with Gasteiger partial charge in [-0.05, 0) is 32.3 Å². The third-order valence-corrected chi connectivity index (χ3v) is 5.50. The average Bonchev–Trinajstić information content (AvgIpc) is 2.16. The molecule has 0 saturated heterocycles. The first-order valence-corrected chi connectivity index (χ1v) is 7.73. The Kier molecular flexibility index (Phi) is 2.62.